The molecule has 0 fully saturated rings. The third kappa shape index (κ3) is 2.48. The molecule has 3 heteroatoms. The van der Waals surface area contributed by atoms with Gasteiger partial charge >= 0.3 is 5.97 Å². The van der Waals surface area contributed by atoms with E-state index in [0.29, 0.717) is 12.3 Å². The number of hydrogen-bond acceptors (Lipinski definition) is 2. The van der Waals surface area contributed by atoms with Gasteiger partial charge in [-0.2, -0.15) is 0 Å². The summed E-state index contributed by atoms with van der Waals surface area (Å²) >= 11 is 0. The van der Waals surface area contributed by atoms with Crippen LogP contribution in [0.5, 0.6) is 0 Å². The molecule has 0 aromatic heterocycles. The molecule has 0 aliphatic carbocycles. The summed E-state index contributed by atoms with van der Waals surface area (Å²) in [4.78, 5) is 12.7. The van der Waals surface area contributed by atoms with Gasteiger partial charge in [-0.15, -0.1) is 0 Å². The maximum absolute atomic E-state index is 11.0. The van der Waals surface area contributed by atoms with Gasteiger partial charge in [0.1, 0.15) is 5.54 Å². The van der Waals surface area contributed by atoms with E-state index in [2.05, 4.69) is 0 Å². The normalized spacial score (nSPS) is 16.6. The van der Waals surface area contributed by atoms with Crippen LogP contribution in [0.3, 0.4) is 0 Å². The highest BCUT2D eigenvalue weighted by atomic mass is 16.4. The van der Waals surface area contributed by atoms with E-state index in [4.69, 9.17) is 5.11 Å². The number of hydrogen-bond donors (Lipinski definition) is 1. The number of rotatable bonds is 4. The highest BCUT2D eigenvalue weighted by Gasteiger charge is 2.35. The highest BCUT2D eigenvalue weighted by Crippen LogP contribution is 2.21. The number of carboxylic acid groups (broad SMARTS) is 1. The second-order valence-electron chi connectivity index (χ2n) is 4.07. The predicted octanol–water partition coefficient (Wildman–Crippen LogP) is 1.44. The quantitative estimate of drug-likeness (QED) is 0.699. The van der Waals surface area contributed by atoms with Gasteiger partial charge in [0.15, 0.2) is 0 Å². The van der Waals surface area contributed by atoms with E-state index in [1.54, 1.807) is 25.9 Å². The summed E-state index contributed by atoms with van der Waals surface area (Å²) in [7, 11) is 3.60. The van der Waals surface area contributed by atoms with Crippen LogP contribution in [0.25, 0.3) is 0 Å². The Hall–Kier alpha value is -0.570. The van der Waals surface area contributed by atoms with Crippen LogP contribution in [-0.4, -0.2) is 35.6 Å². The summed E-state index contributed by atoms with van der Waals surface area (Å²) in [5, 5.41) is 9.01. The van der Waals surface area contributed by atoms with E-state index in [9.17, 15) is 4.79 Å². The minimum absolute atomic E-state index is 0.397. The van der Waals surface area contributed by atoms with Crippen molar-refractivity contribution >= 4 is 5.97 Å². The molecule has 1 unspecified atom stereocenters. The molecule has 0 rings (SSSR count). The summed E-state index contributed by atoms with van der Waals surface area (Å²) in [6.07, 6.45) is 0.676. The fraction of sp³-hybridized carbons (Fsp3) is 0.889. The summed E-state index contributed by atoms with van der Waals surface area (Å²) in [6.45, 7) is 5.82. The van der Waals surface area contributed by atoms with Crippen molar-refractivity contribution in [3.05, 3.63) is 0 Å². The van der Waals surface area contributed by atoms with Gasteiger partial charge in [0, 0.05) is 0 Å². The van der Waals surface area contributed by atoms with Gasteiger partial charge in [-0.3, -0.25) is 9.69 Å². The van der Waals surface area contributed by atoms with Crippen molar-refractivity contribution < 1.29 is 9.90 Å². The number of nitrogens with zero attached hydrogens (tertiary/aromatic N) is 1. The molecule has 0 aliphatic heterocycles. The van der Waals surface area contributed by atoms with Crippen molar-refractivity contribution in [1.82, 2.24) is 4.90 Å². The minimum Gasteiger partial charge on any atom is -0.480 e. The predicted molar refractivity (Wildman–Crippen MR) is 49.2 cm³/mol. The van der Waals surface area contributed by atoms with E-state index >= 15 is 0 Å². The van der Waals surface area contributed by atoms with Gasteiger partial charge in [0.05, 0.1) is 0 Å². The Morgan fingerprint density at radius 3 is 2.00 bits per heavy atom. The molecular weight excluding hydrogens is 154 g/mol. The van der Waals surface area contributed by atoms with Crippen LogP contribution < -0.4 is 0 Å². The van der Waals surface area contributed by atoms with Crippen molar-refractivity contribution in [3.8, 4) is 0 Å². The van der Waals surface area contributed by atoms with Gasteiger partial charge in [0.2, 0.25) is 0 Å². The van der Waals surface area contributed by atoms with Crippen LogP contribution in [0.4, 0.5) is 0 Å². The first kappa shape index (κ1) is 11.4. The monoisotopic (exact) mass is 173 g/mol. The first-order valence-electron chi connectivity index (χ1n) is 4.21. The zero-order chi connectivity index (χ0) is 9.94. The summed E-state index contributed by atoms with van der Waals surface area (Å²) in [5.41, 5.74) is -0.728. The maximum atomic E-state index is 11.0. The van der Waals surface area contributed by atoms with E-state index < -0.39 is 11.5 Å². The van der Waals surface area contributed by atoms with Crippen molar-refractivity contribution in [1.29, 1.82) is 0 Å². The van der Waals surface area contributed by atoms with Crippen molar-refractivity contribution in [3.63, 3.8) is 0 Å². The smallest absolute Gasteiger partial charge is 0.323 e. The van der Waals surface area contributed by atoms with Crippen LogP contribution in [0.15, 0.2) is 0 Å². The second-order valence-corrected chi connectivity index (χ2v) is 4.07. The molecule has 0 amide bonds. The average molecular weight is 173 g/mol. The molecule has 0 saturated heterocycles. The molecule has 3 nitrogen and oxygen atoms in total. The Labute approximate surface area is 74.4 Å². The molecule has 0 spiro atoms. The zero-order valence-electron chi connectivity index (χ0n) is 8.59. The Balaban J connectivity index is 4.51. The molecule has 0 heterocycles. The summed E-state index contributed by atoms with van der Waals surface area (Å²) in [5.74, 6) is -0.352. The van der Waals surface area contributed by atoms with Crippen LogP contribution in [0.2, 0.25) is 0 Å². The third-order valence-electron chi connectivity index (χ3n) is 2.25. The van der Waals surface area contributed by atoms with Gasteiger partial charge in [0.25, 0.3) is 0 Å². The van der Waals surface area contributed by atoms with Crippen molar-refractivity contribution in [2.45, 2.75) is 32.7 Å². The Morgan fingerprint density at radius 1 is 1.50 bits per heavy atom. The van der Waals surface area contributed by atoms with E-state index in [-0.39, 0.29) is 0 Å². The summed E-state index contributed by atoms with van der Waals surface area (Å²) < 4.78 is 0. The van der Waals surface area contributed by atoms with Gasteiger partial charge < -0.3 is 5.11 Å². The van der Waals surface area contributed by atoms with Crippen molar-refractivity contribution in [2.75, 3.05) is 14.1 Å². The maximum Gasteiger partial charge on any atom is 0.323 e. The molecule has 0 aliphatic rings. The molecule has 12 heavy (non-hydrogen) atoms. The standard InChI is InChI=1S/C9H19NO2/c1-7(2)6-9(3,8(11)12)10(4)5/h7H,6H2,1-5H3,(H,11,12). The molecule has 0 saturated carbocycles. The number of carbonyl (C=O) groups is 1. The molecular formula is C9H19NO2. The largest absolute Gasteiger partial charge is 0.480 e. The fourth-order valence-corrected chi connectivity index (χ4v) is 1.26. The van der Waals surface area contributed by atoms with Gasteiger partial charge in [-0.1, -0.05) is 13.8 Å². The SMILES string of the molecule is CC(C)CC(C)(C(=O)O)N(C)C. The lowest BCUT2D eigenvalue weighted by Gasteiger charge is -2.33. The highest BCUT2D eigenvalue weighted by molar-refractivity contribution is 5.78. The first-order chi connectivity index (χ1) is 5.30. The Bertz CT molecular complexity index is 166. The zero-order valence-corrected chi connectivity index (χ0v) is 8.59. The average Bonchev–Trinajstić information content (AvgIpc) is 1.84. The lowest BCUT2D eigenvalue weighted by atomic mass is 9.90. The molecule has 0 aromatic carbocycles. The van der Waals surface area contributed by atoms with E-state index in [1.807, 2.05) is 13.8 Å². The molecule has 0 radical (unpaired) electrons. The van der Waals surface area contributed by atoms with E-state index in [0.717, 1.165) is 0 Å². The molecule has 1 N–H and O–H groups in total. The number of likely N-dealkylation sites (N-methyl/N-ethyl adjacent to an activating group) is 1. The minimum atomic E-state index is -0.749. The van der Waals surface area contributed by atoms with Gasteiger partial charge in [-0.25, -0.2) is 0 Å². The Morgan fingerprint density at radius 2 is 1.92 bits per heavy atom. The molecule has 1 atom stereocenters. The topological polar surface area (TPSA) is 40.5 Å². The fourth-order valence-electron chi connectivity index (χ4n) is 1.26. The third-order valence-corrected chi connectivity index (χ3v) is 2.25. The molecule has 0 bridgehead atoms. The van der Waals surface area contributed by atoms with Gasteiger partial charge in [-0.05, 0) is 33.4 Å². The lowest BCUT2D eigenvalue weighted by Crippen LogP contribution is -2.49. The first-order valence-corrected chi connectivity index (χ1v) is 4.21. The van der Waals surface area contributed by atoms with Crippen LogP contribution in [-0.2, 0) is 4.79 Å². The van der Waals surface area contributed by atoms with Crippen LogP contribution in [0.1, 0.15) is 27.2 Å². The number of carboxylic acids is 1. The van der Waals surface area contributed by atoms with Crippen LogP contribution in [0, 0.1) is 5.92 Å². The van der Waals surface area contributed by atoms with E-state index in [1.165, 1.54) is 0 Å². The molecule has 72 valence electrons. The van der Waals surface area contributed by atoms with Crippen LogP contribution >= 0.6 is 0 Å². The lowest BCUT2D eigenvalue weighted by molar-refractivity contribution is -0.149. The molecule has 0 aromatic rings. The Kier molecular flexibility index (Phi) is 3.71. The second kappa shape index (κ2) is 3.90. The van der Waals surface area contributed by atoms with Crippen molar-refractivity contribution in [2.24, 2.45) is 5.92 Å². The summed E-state index contributed by atoms with van der Waals surface area (Å²) in [6, 6.07) is 0. The number of aliphatic carboxylic acids is 1.